The van der Waals surface area contributed by atoms with Crippen molar-refractivity contribution in [1.29, 1.82) is 0 Å². The number of hydrogen-bond donors (Lipinski definition) is 1. The molecule has 0 spiro atoms. The molecule has 0 bridgehead atoms. The number of aliphatic carboxylic acids is 1. The molecule has 1 aromatic heterocycles. The van der Waals surface area contributed by atoms with Gasteiger partial charge in [0.15, 0.2) is 0 Å². The lowest BCUT2D eigenvalue weighted by molar-refractivity contribution is -0.133. The Kier molecular flexibility index (Phi) is 4.86. The maximum absolute atomic E-state index is 10.4. The average Bonchev–Trinajstić information content (AvgIpc) is 2.87. The first-order chi connectivity index (χ1) is 9.19. The lowest BCUT2D eigenvalue weighted by Gasteiger charge is -1.96. The maximum atomic E-state index is 10.4. The van der Waals surface area contributed by atoms with E-state index in [-0.39, 0.29) is 5.75 Å². The maximum Gasteiger partial charge on any atom is 0.313 e. The minimum atomic E-state index is -0.850. The van der Waals surface area contributed by atoms with E-state index in [2.05, 4.69) is 10.1 Å². The van der Waals surface area contributed by atoms with E-state index in [9.17, 15) is 4.79 Å². The zero-order valence-electron chi connectivity index (χ0n) is 10.2. The molecule has 0 saturated carbocycles. The van der Waals surface area contributed by atoms with Crippen molar-refractivity contribution in [2.24, 2.45) is 0 Å². The second kappa shape index (κ2) is 6.63. The molecule has 2 rings (SSSR count). The summed E-state index contributed by atoms with van der Waals surface area (Å²) in [4.78, 5) is 15.8. The molecule has 5 nitrogen and oxygen atoms in total. The SMILES string of the molecule is CSc1ccc(-c2noc(CSCC(=O)O)n2)cc1. The van der Waals surface area contributed by atoms with Crippen LogP contribution < -0.4 is 0 Å². The van der Waals surface area contributed by atoms with Crippen molar-refractivity contribution in [2.45, 2.75) is 10.6 Å². The van der Waals surface area contributed by atoms with E-state index in [1.807, 2.05) is 30.5 Å². The molecule has 1 N–H and O–H groups in total. The Balaban J connectivity index is 2.01. The Morgan fingerprint density at radius 1 is 1.37 bits per heavy atom. The smallest absolute Gasteiger partial charge is 0.313 e. The Labute approximate surface area is 118 Å². The number of benzene rings is 1. The zero-order chi connectivity index (χ0) is 13.7. The van der Waals surface area contributed by atoms with Gasteiger partial charge in [0.2, 0.25) is 11.7 Å². The number of carboxylic acid groups (broad SMARTS) is 1. The standard InChI is InChI=1S/C12H12N2O3S2/c1-18-9-4-2-8(3-5-9)12-13-10(17-14-12)6-19-7-11(15)16/h2-5H,6-7H2,1H3,(H,15,16). The van der Waals surface area contributed by atoms with Crippen LogP contribution >= 0.6 is 23.5 Å². The van der Waals surface area contributed by atoms with Crippen LogP contribution in [0.5, 0.6) is 0 Å². The third kappa shape index (κ3) is 4.00. The van der Waals surface area contributed by atoms with Crippen molar-refractivity contribution >= 4 is 29.5 Å². The van der Waals surface area contributed by atoms with Crippen LogP contribution in [0.3, 0.4) is 0 Å². The van der Waals surface area contributed by atoms with Crippen LogP contribution in [0.2, 0.25) is 0 Å². The molecule has 1 heterocycles. The molecule has 1 aromatic carbocycles. The molecular weight excluding hydrogens is 284 g/mol. The molecule has 0 amide bonds. The van der Waals surface area contributed by atoms with Gasteiger partial charge in [-0.1, -0.05) is 5.16 Å². The van der Waals surface area contributed by atoms with Crippen molar-refractivity contribution in [2.75, 3.05) is 12.0 Å². The van der Waals surface area contributed by atoms with Crippen molar-refractivity contribution in [3.8, 4) is 11.4 Å². The monoisotopic (exact) mass is 296 g/mol. The molecule has 0 radical (unpaired) electrons. The van der Waals surface area contributed by atoms with Gasteiger partial charge in [0.1, 0.15) is 0 Å². The Morgan fingerprint density at radius 2 is 2.11 bits per heavy atom. The summed E-state index contributed by atoms with van der Waals surface area (Å²) in [6.07, 6.45) is 2.02. The predicted octanol–water partition coefficient (Wildman–Crippen LogP) is 2.78. The summed E-state index contributed by atoms with van der Waals surface area (Å²) in [5.74, 6) is 0.550. The molecule has 0 unspecified atom stereocenters. The van der Waals surface area contributed by atoms with Crippen LogP contribution in [0.15, 0.2) is 33.7 Å². The van der Waals surface area contributed by atoms with E-state index in [1.165, 1.54) is 16.7 Å². The first-order valence-corrected chi connectivity index (χ1v) is 7.83. The number of aromatic nitrogens is 2. The molecule has 100 valence electrons. The lowest BCUT2D eigenvalue weighted by atomic mass is 10.2. The van der Waals surface area contributed by atoms with Crippen LogP contribution in [0.25, 0.3) is 11.4 Å². The Bertz CT molecular complexity index is 554. The number of carboxylic acids is 1. The van der Waals surface area contributed by atoms with Crippen LogP contribution in [0.1, 0.15) is 5.89 Å². The predicted molar refractivity (Wildman–Crippen MR) is 75.3 cm³/mol. The van der Waals surface area contributed by atoms with Gasteiger partial charge in [-0.3, -0.25) is 4.79 Å². The van der Waals surface area contributed by atoms with E-state index < -0.39 is 5.97 Å². The minimum absolute atomic E-state index is 0.0279. The molecule has 2 aromatic rings. The molecule has 19 heavy (non-hydrogen) atoms. The molecule has 0 atom stereocenters. The van der Waals surface area contributed by atoms with Gasteiger partial charge in [0.25, 0.3) is 0 Å². The van der Waals surface area contributed by atoms with Crippen molar-refractivity contribution in [3.63, 3.8) is 0 Å². The number of thioether (sulfide) groups is 2. The highest BCUT2D eigenvalue weighted by Gasteiger charge is 2.09. The Morgan fingerprint density at radius 3 is 2.74 bits per heavy atom. The summed E-state index contributed by atoms with van der Waals surface area (Å²) in [6, 6.07) is 7.86. The van der Waals surface area contributed by atoms with Gasteiger partial charge in [-0.2, -0.15) is 4.98 Å². The summed E-state index contributed by atoms with van der Waals surface area (Å²) in [5.41, 5.74) is 0.885. The molecule has 7 heteroatoms. The summed E-state index contributed by atoms with van der Waals surface area (Å²) in [6.45, 7) is 0. The highest BCUT2D eigenvalue weighted by molar-refractivity contribution is 7.99. The van der Waals surface area contributed by atoms with E-state index in [0.29, 0.717) is 17.5 Å². The van der Waals surface area contributed by atoms with Crippen LogP contribution in [0.4, 0.5) is 0 Å². The molecule has 0 aliphatic rings. The van der Waals surface area contributed by atoms with E-state index in [4.69, 9.17) is 9.63 Å². The highest BCUT2D eigenvalue weighted by atomic mass is 32.2. The van der Waals surface area contributed by atoms with Crippen molar-refractivity contribution in [1.82, 2.24) is 10.1 Å². The third-order valence-electron chi connectivity index (χ3n) is 2.27. The van der Waals surface area contributed by atoms with E-state index in [1.54, 1.807) is 11.8 Å². The fourth-order valence-corrected chi connectivity index (χ4v) is 2.37. The average molecular weight is 296 g/mol. The minimum Gasteiger partial charge on any atom is -0.481 e. The Hall–Kier alpha value is -1.47. The molecule has 0 aliphatic carbocycles. The summed E-state index contributed by atoms with van der Waals surface area (Å²) < 4.78 is 5.08. The van der Waals surface area contributed by atoms with Crippen molar-refractivity contribution in [3.05, 3.63) is 30.2 Å². The summed E-state index contributed by atoms with van der Waals surface area (Å²) >= 11 is 2.90. The number of carbonyl (C=O) groups is 1. The van der Waals surface area contributed by atoms with Gasteiger partial charge in [-0.15, -0.1) is 23.5 Å². The zero-order valence-corrected chi connectivity index (χ0v) is 11.8. The second-order valence-corrected chi connectivity index (χ2v) is 5.49. The third-order valence-corrected chi connectivity index (χ3v) is 3.91. The largest absolute Gasteiger partial charge is 0.481 e. The lowest BCUT2D eigenvalue weighted by Crippen LogP contribution is -1.98. The van der Waals surface area contributed by atoms with Gasteiger partial charge in [-0.05, 0) is 30.5 Å². The molecule has 0 aliphatic heterocycles. The molecular formula is C12H12N2O3S2. The highest BCUT2D eigenvalue weighted by Crippen LogP contribution is 2.21. The summed E-state index contributed by atoms with van der Waals surface area (Å²) in [7, 11) is 0. The summed E-state index contributed by atoms with van der Waals surface area (Å²) in [5, 5.41) is 12.4. The van der Waals surface area contributed by atoms with Gasteiger partial charge >= 0.3 is 5.97 Å². The van der Waals surface area contributed by atoms with Gasteiger partial charge in [0.05, 0.1) is 11.5 Å². The fourth-order valence-electron chi connectivity index (χ4n) is 1.40. The van der Waals surface area contributed by atoms with E-state index >= 15 is 0 Å². The van der Waals surface area contributed by atoms with Gasteiger partial charge < -0.3 is 9.63 Å². The topological polar surface area (TPSA) is 76.2 Å². The van der Waals surface area contributed by atoms with Crippen LogP contribution in [-0.4, -0.2) is 33.2 Å². The van der Waals surface area contributed by atoms with E-state index in [0.717, 1.165) is 5.56 Å². The second-order valence-electron chi connectivity index (χ2n) is 3.63. The van der Waals surface area contributed by atoms with Crippen LogP contribution in [-0.2, 0) is 10.5 Å². The normalized spacial score (nSPS) is 10.6. The van der Waals surface area contributed by atoms with Crippen molar-refractivity contribution < 1.29 is 14.4 Å². The van der Waals surface area contributed by atoms with Gasteiger partial charge in [-0.25, -0.2) is 0 Å². The number of rotatable bonds is 6. The fraction of sp³-hybridized carbons (Fsp3) is 0.250. The first kappa shape index (κ1) is 14.0. The number of hydrogen-bond acceptors (Lipinski definition) is 6. The quantitative estimate of drug-likeness (QED) is 0.821. The molecule has 0 saturated heterocycles. The van der Waals surface area contributed by atoms with Gasteiger partial charge in [0, 0.05) is 10.5 Å². The number of nitrogens with zero attached hydrogens (tertiary/aromatic N) is 2. The van der Waals surface area contributed by atoms with Crippen LogP contribution in [0, 0.1) is 0 Å². The molecule has 0 fully saturated rings. The first-order valence-electron chi connectivity index (χ1n) is 5.45.